The van der Waals surface area contributed by atoms with E-state index < -0.39 is 0 Å². The maximum Gasteiger partial charge on any atom is 0.151 e. The third kappa shape index (κ3) is 3.46. The molecule has 0 N–H and O–H groups in total. The molecule has 0 spiro atoms. The molecule has 0 radical (unpaired) electrons. The summed E-state index contributed by atoms with van der Waals surface area (Å²) >= 11 is 5.14. The second kappa shape index (κ2) is 5.56. The Labute approximate surface area is 97.4 Å². The molecule has 3 heteroatoms. The molecule has 0 bridgehead atoms. The van der Waals surface area contributed by atoms with Crippen LogP contribution in [0.5, 0.6) is 0 Å². The van der Waals surface area contributed by atoms with Gasteiger partial charge in [-0.25, -0.2) is 0 Å². The monoisotopic (exact) mass is 272 g/mol. The van der Waals surface area contributed by atoms with Crippen LogP contribution in [-0.4, -0.2) is 12.0 Å². The van der Waals surface area contributed by atoms with Crippen LogP contribution < -0.4 is 0 Å². The van der Waals surface area contributed by atoms with Crippen LogP contribution in [0.2, 0.25) is 0 Å². The number of hydrogen-bond donors (Lipinski definition) is 0. The van der Waals surface area contributed by atoms with Gasteiger partial charge in [0.05, 0.1) is 0 Å². The predicted molar refractivity (Wildman–Crippen MR) is 65.1 cm³/mol. The van der Waals surface area contributed by atoms with Crippen LogP contribution in [0.4, 0.5) is 0 Å². The molecule has 0 saturated heterocycles. The van der Waals surface area contributed by atoms with E-state index in [2.05, 4.69) is 29.8 Å². The third-order valence-corrected chi connectivity index (χ3v) is 3.67. The van der Waals surface area contributed by atoms with Crippen molar-refractivity contribution in [2.75, 3.05) is 5.75 Å². The summed E-state index contributed by atoms with van der Waals surface area (Å²) in [6.45, 7) is 4.34. The minimum atomic E-state index is 0.637. The van der Waals surface area contributed by atoms with Crippen molar-refractivity contribution in [2.24, 2.45) is 5.92 Å². The molecule has 0 aromatic heterocycles. The van der Waals surface area contributed by atoms with Crippen LogP contribution in [0.3, 0.4) is 0 Å². The van der Waals surface area contributed by atoms with E-state index in [1.165, 1.54) is 0 Å². The Balaban J connectivity index is 2.82. The molecule has 1 rings (SSSR count). The second-order valence-corrected chi connectivity index (χ2v) is 5.48. The fourth-order valence-corrected chi connectivity index (χ4v) is 2.51. The first-order valence-corrected chi connectivity index (χ1v) is 6.29. The van der Waals surface area contributed by atoms with Crippen LogP contribution in [-0.2, 0) is 0 Å². The SMILES string of the molecule is CC(C)CSc1cc(Br)ccc1C=O. The van der Waals surface area contributed by atoms with Gasteiger partial charge in [-0.3, -0.25) is 4.79 Å². The van der Waals surface area contributed by atoms with Crippen LogP contribution in [0, 0.1) is 5.92 Å². The summed E-state index contributed by atoms with van der Waals surface area (Å²) in [4.78, 5) is 11.8. The van der Waals surface area contributed by atoms with Gasteiger partial charge < -0.3 is 0 Å². The van der Waals surface area contributed by atoms with Crippen molar-refractivity contribution in [3.8, 4) is 0 Å². The first kappa shape index (κ1) is 11.8. The lowest BCUT2D eigenvalue weighted by Crippen LogP contribution is -1.92. The standard InChI is InChI=1S/C11H13BrOS/c1-8(2)7-14-11-5-10(12)4-3-9(11)6-13/h3-6,8H,7H2,1-2H3. The molecule has 0 aliphatic rings. The molecular formula is C11H13BrOS. The van der Waals surface area contributed by atoms with Crippen molar-refractivity contribution in [3.63, 3.8) is 0 Å². The molecule has 0 heterocycles. The van der Waals surface area contributed by atoms with Crippen molar-refractivity contribution in [1.29, 1.82) is 0 Å². The highest BCUT2D eigenvalue weighted by Crippen LogP contribution is 2.26. The molecule has 76 valence electrons. The highest BCUT2D eigenvalue weighted by atomic mass is 79.9. The van der Waals surface area contributed by atoms with Gasteiger partial charge in [0, 0.05) is 20.7 Å². The van der Waals surface area contributed by atoms with Crippen LogP contribution in [0.1, 0.15) is 24.2 Å². The van der Waals surface area contributed by atoms with E-state index in [1.54, 1.807) is 11.8 Å². The maximum absolute atomic E-state index is 10.8. The van der Waals surface area contributed by atoms with Gasteiger partial charge >= 0.3 is 0 Å². The number of rotatable bonds is 4. The van der Waals surface area contributed by atoms with E-state index in [1.807, 2.05) is 18.2 Å². The smallest absolute Gasteiger partial charge is 0.151 e. The predicted octanol–water partition coefficient (Wildman–Crippen LogP) is 4.01. The van der Waals surface area contributed by atoms with Crippen molar-refractivity contribution in [3.05, 3.63) is 28.2 Å². The van der Waals surface area contributed by atoms with Crippen molar-refractivity contribution in [2.45, 2.75) is 18.7 Å². The first-order valence-electron chi connectivity index (χ1n) is 4.51. The van der Waals surface area contributed by atoms with Gasteiger partial charge in [0.25, 0.3) is 0 Å². The molecule has 0 aliphatic heterocycles. The number of halogens is 1. The Morgan fingerprint density at radius 3 is 2.79 bits per heavy atom. The number of benzene rings is 1. The largest absolute Gasteiger partial charge is 0.298 e. The molecule has 1 nitrogen and oxygen atoms in total. The zero-order chi connectivity index (χ0) is 10.6. The van der Waals surface area contributed by atoms with Crippen LogP contribution >= 0.6 is 27.7 Å². The van der Waals surface area contributed by atoms with Gasteiger partial charge in [-0.2, -0.15) is 0 Å². The molecule has 1 aromatic rings. The lowest BCUT2D eigenvalue weighted by molar-refractivity contribution is 0.112. The summed E-state index contributed by atoms with van der Waals surface area (Å²) < 4.78 is 1.02. The van der Waals surface area contributed by atoms with Gasteiger partial charge in [0.1, 0.15) is 0 Å². The van der Waals surface area contributed by atoms with E-state index in [-0.39, 0.29) is 0 Å². The molecule has 0 atom stereocenters. The molecule has 1 aromatic carbocycles. The molecule has 0 fully saturated rings. The number of thioether (sulfide) groups is 1. The molecule has 14 heavy (non-hydrogen) atoms. The Hall–Kier alpha value is -0.280. The highest BCUT2D eigenvalue weighted by molar-refractivity contribution is 9.10. The average Bonchev–Trinajstić information content (AvgIpc) is 2.15. The second-order valence-electron chi connectivity index (χ2n) is 3.50. The van der Waals surface area contributed by atoms with E-state index >= 15 is 0 Å². The minimum absolute atomic E-state index is 0.637. The zero-order valence-corrected chi connectivity index (χ0v) is 10.7. The molecule has 0 aliphatic carbocycles. The number of carbonyl (C=O) groups excluding carboxylic acids is 1. The fourth-order valence-electron chi connectivity index (χ4n) is 0.987. The summed E-state index contributed by atoms with van der Waals surface area (Å²) in [6, 6.07) is 5.74. The van der Waals surface area contributed by atoms with Crippen molar-refractivity contribution >= 4 is 34.0 Å². The third-order valence-electron chi connectivity index (χ3n) is 1.67. The summed E-state index contributed by atoms with van der Waals surface area (Å²) in [5, 5.41) is 0. The Morgan fingerprint density at radius 2 is 2.21 bits per heavy atom. The zero-order valence-electron chi connectivity index (χ0n) is 8.29. The van der Waals surface area contributed by atoms with Gasteiger partial charge in [-0.15, -0.1) is 11.8 Å². The summed E-state index contributed by atoms with van der Waals surface area (Å²) in [5.41, 5.74) is 0.777. The normalized spacial score (nSPS) is 10.6. The topological polar surface area (TPSA) is 17.1 Å². The summed E-state index contributed by atoms with van der Waals surface area (Å²) in [5.74, 6) is 1.68. The van der Waals surface area contributed by atoms with Crippen molar-refractivity contribution in [1.82, 2.24) is 0 Å². The fraction of sp³-hybridized carbons (Fsp3) is 0.364. The minimum Gasteiger partial charge on any atom is -0.298 e. The highest BCUT2D eigenvalue weighted by Gasteiger charge is 2.04. The van der Waals surface area contributed by atoms with Gasteiger partial charge in [0.2, 0.25) is 0 Å². The van der Waals surface area contributed by atoms with Gasteiger partial charge in [0.15, 0.2) is 6.29 Å². The van der Waals surface area contributed by atoms with Gasteiger partial charge in [-0.1, -0.05) is 29.8 Å². The van der Waals surface area contributed by atoms with Crippen LogP contribution in [0.15, 0.2) is 27.6 Å². The maximum atomic E-state index is 10.8. The number of aldehydes is 1. The van der Waals surface area contributed by atoms with E-state index in [0.29, 0.717) is 5.92 Å². The molecule has 0 unspecified atom stereocenters. The Bertz CT molecular complexity index is 323. The lowest BCUT2D eigenvalue weighted by Gasteiger charge is -2.07. The van der Waals surface area contributed by atoms with Gasteiger partial charge in [-0.05, 0) is 24.1 Å². The van der Waals surface area contributed by atoms with E-state index in [4.69, 9.17) is 0 Å². The van der Waals surface area contributed by atoms with E-state index in [9.17, 15) is 4.79 Å². The van der Waals surface area contributed by atoms with Crippen LogP contribution in [0.25, 0.3) is 0 Å². The average molecular weight is 273 g/mol. The molecule has 0 saturated carbocycles. The molecule has 0 amide bonds. The lowest BCUT2D eigenvalue weighted by atomic mass is 10.2. The quantitative estimate of drug-likeness (QED) is 0.609. The Kier molecular flexibility index (Phi) is 4.69. The summed E-state index contributed by atoms with van der Waals surface area (Å²) in [6.07, 6.45) is 0.912. The van der Waals surface area contributed by atoms with E-state index in [0.717, 1.165) is 27.0 Å². The first-order chi connectivity index (χ1) is 6.63. The molecular weight excluding hydrogens is 260 g/mol. The van der Waals surface area contributed by atoms with Crippen molar-refractivity contribution < 1.29 is 4.79 Å². The number of carbonyl (C=O) groups is 1. The summed E-state index contributed by atoms with van der Waals surface area (Å²) in [7, 11) is 0. The number of hydrogen-bond acceptors (Lipinski definition) is 2. The Morgan fingerprint density at radius 1 is 1.50 bits per heavy atom.